The van der Waals surface area contributed by atoms with Crippen LogP contribution in [0.1, 0.15) is 63.4 Å². The average Bonchev–Trinajstić information content (AvgIpc) is 2.96. The SMILES string of the molecule is Cc1ccc(NC(=O)[C@@H](C)Sc2nnc3c(n2)[C@]2(C)CC[C@@H]3C2(C)C)cc1. The molecule has 6 heteroatoms. The van der Waals surface area contributed by atoms with Gasteiger partial charge in [0.05, 0.1) is 16.6 Å². The summed E-state index contributed by atoms with van der Waals surface area (Å²) in [5.41, 5.74) is 4.33. The Morgan fingerprint density at radius 3 is 2.63 bits per heavy atom. The van der Waals surface area contributed by atoms with E-state index in [1.165, 1.54) is 17.3 Å². The Balaban J connectivity index is 1.50. The normalized spacial score (nSPS) is 25.9. The van der Waals surface area contributed by atoms with E-state index in [0.29, 0.717) is 11.1 Å². The van der Waals surface area contributed by atoms with Gasteiger partial charge in [-0.15, -0.1) is 5.10 Å². The molecule has 1 heterocycles. The highest BCUT2D eigenvalue weighted by atomic mass is 32.2. The predicted molar refractivity (Wildman–Crippen MR) is 108 cm³/mol. The van der Waals surface area contributed by atoms with E-state index in [1.807, 2.05) is 38.1 Å². The van der Waals surface area contributed by atoms with Crippen LogP contribution in [0.25, 0.3) is 0 Å². The highest BCUT2D eigenvalue weighted by Gasteiger charge is 2.61. The Morgan fingerprint density at radius 2 is 1.93 bits per heavy atom. The van der Waals surface area contributed by atoms with Gasteiger partial charge in [0.15, 0.2) is 0 Å². The lowest BCUT2D eigenvalue weighted by Crippen LogP contribution is -2.32. The number of aryl methyl sites for hydroxylation is 1. The number of fused-ring (bicyclic) bond motifs is 5. The summed E-state index contributed by atoms with van der Waals surface area (Å²) in [6.07, 6.45) is 2.30. The van der Waals surface area contributed by atoms with Gasteiger partial charge in [0, 0.05) is 17.0 Å². The van der Waals surface area contributed by atoms with Gasteiger partial charge in [0.25, 0.3) is 0 Å². The molecule has 0 unspecified atom stereocenters. The highest BCUT2D eigenvalue weighted by molar-refractivity contribution is 8.00. The zero-order valence-electron chi connectivity index (χ0n) is 16.5. The summed E-state index contributed by atoms with van der Waals surface area (Å²) < 4.78 is 0. The van der Waals surface area contributed by atoms with Gasteiger partial charge in [0.2, 0.25) is 11.1 Å². The number of rotatable bonds is 4. The van der Waals surface area contributed by atoms with Crippen molar-refractivity contribution >= 4 is 23.4 Å². The van der Waals surface area contributed by atoms with Crippen LogP contribution in [0, 0.1) is 12.3 Å². The standard InChI is InChI=1S/C21H26N4OS/c1-12-6-8-14(9-7-12)22-18(26)13(2)27-19-23-17-16(24-25-19)15-10-11-21(17,5)20(15,3)4/h6-9,13,15H,10-11H2,1-5H3,(H,22,26)/t13-,15+,21+/m1/s1. The molecule has 2 aliphatic rings. The van der Waals surface area contributed by atoms with Gasteiger partial charge < -0.3 is 5.32 Å². The Bertz CT molecular complexity index is 896. The fourth-order valence-electron chi connectivity index (χ4n) is 4.51. The molecule has 142 valence electrons. The molecule has 2 aromatic rings. The summed E-state index contributed by atoms with van der Waals surface area (Å²) in [7, 11) is 0. The molecule has 2 bridgehead atoms. The van der Waals surface area contributed by atoms with Crippen molar-refractivity contribution in [2.24, 2.45) is 5.41 Å². The van der Waals surface area contributed by atoms with Crippen LogP contribution in [0.2, 0.25) is 0 Å². The number of carbonyl (C=O) groups excluding carboxylic acids is 1. The molecule has 0 saturated heterocycles. The van der Waals surface area contributed by atoms with Crippen LogP contribution in [-0.2, 0) is 10.2 Å². The van der Waals surface area contributed by atoms with Gasteiger partial charge in [-0.1, -0.05) is 50.2 Å². The number of amides is 1. The van der Waals surface area contributed by atoms with Crippen LogP contribution >= 0.6 is 11.8 Å². The first kappa shape index (κ1) is 18.4. The van der Waals surface area contributed by atoms with Crippen molar-refractivity contribution in [1.82, 2.24) is 15.2 Å². The first-order chi connectivity index (χ1) is 12.7. The molecule has 1 saturated carbocycles. The van der Waals surface area contributed by atoms with Crippen LogP contribution in [0.4, 0.5) is 5.69 Å². The number of hydrogen-bond donors (Lipinski definition) is 1. The predicted octanol–water partition coefficient (Wildman–Crippen LogP) is 4.47. The number of nitrogens with one attached hydrogen (secondary N) is 1. The molecule has 27 heavy (non-hydrogen) atoms. The molecule has 0 aliphatic heterocycles. The number of benzene rings is 1. The number of carbonyl (C=O) groups is 1. The maximum absolute atomic E-state index is 12.5. The fourth-order valence-corrected chi connectivity index (χ4v) is 5.22. The van der Waals surface area contributed by atoms with Crippen molar-refractivity contribution < 1.29 is 4.79 Å². The number of thioether (sulfide) groups is 1. The van der Waals surface area contributed by atoms with E-state index >= 15 is 0 Å². The third-order valence-corrected chi connectivity index (χ3v) is 7.69. The summed E-state index contributed by atoms with van der Waals surface area (Å²) >= 11 is 1.37. The maximum Gasteiger partial charge on any atom is 0.237 e. The zero-order valence-corrected chi connectivity index (χ0v) is 17.4. The number of anilines is 1. The molecule has 0 radical (unpaired) electrons. The van der Waals surface area contributed by atoms with Gasteiger partial charge >= 0.3 is 0 Å². The summed E-state index contributed by atoms with van der Waals surface area (Å²) in [6.45, 7) is 10.8. The van der Waals surface area contributed by atoms with E-state index in [2.05, 4.69) is 36.3 Å². The lowest BCUT2D eigenvalue weighted by atomic mass is 9.70. The first-order valence-electron chi connectivity index (χ1n) is 9.51. The van der Waals surface area contributed by atoms with Crippen molar-refractivity contribution in [2.45, 2.75) is 69.2 Å². The Hall–Kier alpha value is -1.95. The minimum atomic E-state index is -0.300. The minimum Gasteiger partial charge on any atom is -0.325 e. The van der Waals surface area contributed by atoms with Gasteiger partial charge in [-0.25, -0.2) is 4.98 Å². The molecule has 1 aromatic carbocycles. The average molecular weight is 383 g/mol. The maximum atomic E-state index is 12.5. The van der Waals surface area contributed by atoms with E-state index in [9.17, 15) is 4.79 Å². The van der Waals surface area contributed by atoms with E-state index in [-0.39, 0.29) is 22.0 Å². The van der Waals surface area contributed by atoms with Gasteiger partial charge in [-0.05, 0) is 44.2 Å². The topological polar surface area (TPSA) is 67.8 Å². The van der Waals surface area contributed by atoms with Crippen LogP contribution in [-0.4, -0.2) is 26.3 Å². The molecule has 0 spiro atoms. The molecule has 5 nitrogen and oxygen atoms in total. The van der Waals surface area contributed by atoms with Crippen LogP contribution in [0.5, 0.6) is 0 Å². The number of hydrogen-bond acceptors (Lipinski definition) is 5. The third kappa shape index (κ3) is 2.85. The van der Waals surface area contributed by atoms with Crippen LogP contribution < -0.4 is 5.32 Å². The van der Waals surface area contributed by atoms with Crippen molar-refractivity contribution in [3.63, 3.8) is 0 Å². The summed E-state index contributed by atoms with van der Waals surface area (Å²) in [6, 6.07) is 7.80. The Morgan fingerprint density at radius 1 is 1.22 bits per heavy atom. The molecule has 1 amide bonds. The minimum absolute atomic E-state index is 0.0473. The third-order valence-electron chi connectivity index (χ3n) is 6.74. The zero-order chi connectivity index (χ0) is 19.4. The van der Waals surface area contributed by atoms with Gasteiger partial charge in [-0.3, -0.25) is 4.79 Å². The second-order valence-corrected chi connectivity index (χ2v) is 9.90. The second-order valence-electron chi connectivity index (χ2n) is 8.59. The largest absolute Gasteiger partial charge is 0.325 e. The monoisotopic (exact) mass is 382 g/mol. The van der Waals surface area contributed by atoms with E-state index in [4.69, 9.17) is 4.98 Å². The lowest BCUT2D eigenvalue weighted by Gasteiger charge is -2.34. The number of nitrogens with zero attached hydrogens (tertiary/aromatic N) is 3. The molecular weight excluding hydrogens is 356 g/mol. The van der Waals surface area contributed by atoms with Crippen LogP contribution in [0.3, 0.4) is 0 Å². The smallest absolute Gasteiger partial charge is 0.237 e. The van der Waals surface area contributed by atoms with Gasteiger partial charge in [0.1, 0.15) is 0 Å². The number of aromatic nitrogens is 3. The van der Waals surface area contributed by atoms with Crippen molar-refractivity contribution in [3.05, 3.63) is 41.2 Å². The lowest BCUT2D eigenvalue weighted by molar-refractivity contribution is -0.115. The summed E-state index contributed by atoms with van der Waals surface area (Å²) in [5.74, 6) is 0.389. The quantitative estimate of drug-likeness (QED) is 0.790. The van der Waals surface area contributed by atoms with Gasteiger partial charge in [-0.2, -0.15) is 5.10 Å². The molecule has 2 aliphatic carbocycles. The molecular formula is C21H26N4OS. The molecule has 4 rings (SSSR count). The van der Waals surface area contributed by atoms with Crippen molar-refractivity contribution in [1.29, 1.82) is 0 Å². The fraction of sp³-hybridized carbons (Fsp3) is 0.524. The van der Waals surface area contributed by atoms with E-state index in [0.717, 1.165) is 29.9 Å². The molecule has 3 atom stereocenters. The van der Waals surface area contributed by atoms with Crippen molar-refractivity contribution in [2.75, 3.05) is 5.32 Å². The van der Waals surface area contributed by atoms with Crippen LogP contribution in [0.15, 0.2) is 29.4 Å². The Kier molecular flexibility index (Phi) is 4.29. The Labute approximate surface area is 164 Å². The molecule has 1 aromatic heterocycles. The molecule has 1 N–H and O–H groups in total. The second kappa shape index (κ2) is 6.30. The highest BCUT2D eigenvalue weighted by Crippen LogP contribution is 2.66. The summed E-state index contributed by atoms with van der Waals surface area (Å²) in [4.78, 5) is 17.4. The summed E-state index contributed by atoms with van der Waals surface area (Å²) in [5, 5.41) is 12.1. The van der Waals surface area contributed by atoms with E-state index in [1.54, 1.807) is 0 Å². The van der Waals surface area contributed by atoms with Crippen molar-refractivity contribution in [3.8, 4) is 0 Å². The molecule has 1 fully saturated rings. The first-order valence-corrected chi connectivity index (χ1v) is 10.4. The van der Waals surface area contributed by atoms with E-state index < -0.39 is 0 Å².